The zero-order valence-corrected chi connectivity index (χ0v) is 19.8. The summed E-state index contributed by atoms with van der Waals surface area (Å²) in [7, 11) is 3.00. The van der Waals surface area contributed by atoms with Crippen LogP contribution in [0.15, 0.2) is 82.6 Å². The maximum absolute atomic E-state index is 13.3. The Morgan fingerprint density at radius 1 is 0.939 bits per heavy atom. The minimum Gasteiger partial charge on any atom is -0.493 e. The molecule has 0 aliphatic rings. The number of nitrogens with zero attached hydrogens (tertiary/aromatic N) is 2. The molecular weight excluding hydrogens is 460 g/mol. The number of rotatable bonds is 7. The Bertz CT molecular complexity index is 1270. The highest BCUT2D eigenvalue weighted by atomic mass is 35.5. The van der Waals surface area contributed by atoms with Gasteiger partial charge >= 0.3 is 5.97 Å². The summed E-state index contributed by atoms with van der Waals surface area (Å²) in [6, 6.07) is 22.0. The van der Waals surface area contributed by atoms with Gasteiger partial charge in [0.05, 0.1) is 30.5 Å². The zero-order valence-electron chi connectivity index (χ0n) is 18.2. The third-order valence-corrected chi connectivity index (χ3v) is 6.25. The van der Waals surface area contributed by atoms with Gasteiger partial charge in [-0.15, -0.1) is 0 Å². The quantitative estimate of drug-likeness (QED) is 0.292. The maximum Gasteiger partial charge on any atom is 0.348 e. The molecule has 0 amide bonds. The number of hydrogen-bond donors (Lipinski definition) is 0. The molecule has 168 valence electrons. The summed E-state index contributed by atoms with van der Waals surface area (Å²) in [6.07, 6.45) is 0. The lowest BCUT2D eigenvalue weighted by molar-refractivity contribution is 0.0714. The molecule has 1 aromatic heterocycles. The van der Waals surface area contributed by atoms with Crippen LogP contribution in [0.25, 0.3) is 5.69 Å². The second kappa shape index (κ2) is 10.0. The first-order valence-corrected chi connectivity index (χ1v) is 11.2. The van der Waals surface area contributed by atoms with E-state index in [4.69, 9.17) is 25.8 Å². The molecule has 0 saturated heterocycles. The summed E-state index contributed by atoms with van der Waals surface area (Å²) in [5, 5.41) is 5.30. The van der Waals surface area contributed by atoms with E-state index in [2.05, 4.69) is 5.10 Å². The van der Waals surface area contributed by atoms with Crippen LogP contribution in [0, 0.1) is 6.92 Å². The molecule has 0 saturated carbocycles. The molecular formula is C25H21ClN2O4S. The molecule has 0 unspecified atom stereocenters. The molecule has 6 nitrogen and oxygen atoms in total. The standard InChI is InChI=1S/C25H21ClN2O4S/c1-16-23(33-19-14-12-17(26)13-15-19)24(28(27-16)18-8-5-4-6-9-18)32-25(29)20-10-7-11-21(30-2)22(20)31-3/h4-15H,1-3H3. The molecule has 0 N–H and O–H groups in total. The largest absolute Gasteiger partial charge is 0.493 e. The van der Waals surface area contributed by atoms with Crippen molar-refractivity contribution < 1.29 is 19.0 Å². The molecule has 3 aromatic carbocycles. The molecule has 0 radical (unpaired) electrons. The number of halogens is 1. The predicted octanol–water partition coefficient (Wildman–Crippen LogP) is 6.22. The third kappa shape index (κ3) is 4.84. The van der Waals surface area contributed by atoms with Crippen molar-refractivity contribution in [3.05, 3.63) is 89.1 Å². The van der Waals surface area contributed by atoms with Gasteiger partial charge in [-0.2, -0.15) is 9.78 Å². The molecule has 33 heavy (non-hydrogen) atoms. The van der Waals surface area contributed by atoms with Gasteiger partial charge in [-0.3, -0.25) is 0 Å². The van der Waals surface area contributed by atoms with Gasteiger partial charge in [0.1, 0.15) is 5.56 Å². The first kappa shape index (κ1) is 22.8. The van der Waals surface area contributed by atoms with Crippen LogP contribution in [0.2, 0.25) is 5.02 Å². The molecule has 0 aliphatic heterocycles. The van der Waals surface area contributed by atoms with Crippen molar-refractivity contribution in [2.45, 2.75) is 16.7 Å². The Labute approximate surface area is 201 Å². The van der Waals surface area contributed by atoms with E-state index in [0.29, 0.717) is 22.4 Å². The molecule has 0 fully saturated rings. The van der Waals surface area contributed by atoms with Gasteiger partial charge in [-0.25, -0.2) is 4.79 Å². The Morgan fingerprint density at radius 2 is 1.67 bits per heavy atom. The van der Waals surface area contributed by atoms with E-state index in [1.165, 1.54) is 26.0 Å². The van der Waals surface area contributed by atoms with Gasteiger partial charge in [-0.05, 0) is 55.5 Å². The Hall–Kier alpha value is -3.42. The summed E-state index contributed by atoms with van der Waals surface area (Å²) in [4.78, 5) is 14.9. The van der Waals surface area contributed by atoms with Crippen molar-refractivity contribution in [3.63, 3.8) is 0 Å². The Morgan fingerprint density at radius 3 is 2.33 bits per heavy atom. The van der Waals surface area contributed by atoms with E-state index < -0.39 is 5.97 Å². The highest BCUT2D eigenvalue weighted by Gasteiger charge is 2.25. The number of aryl methyl sites for hydroxylation is 1. The maximum atomic E-state index is 13.3. The fourth-order valence-electron chi connectivity index (χ4n) is 3.25. The fourth-order valence-corrected chi connectivity index (χ4v) is 4.29. The van der Waals surface area contributed by atoms with Crippen molar-refractivity contribution in [2.75, 3.05) is 14.2 Å². The second-order valence-electron chi connectivity index (χ2n) is 6.95. The van der Waals surface area contributed by atoms with Crippen LogP contribution in [-0.2, 0) is 0 Å². The van der Waals surface area contributed by atoms with E-state index in [1.807, 2.05) is 61.5 Å². The lowest BCUT2D eigenvalue weighted by Gasteiger charge is -2.13. The molecule has 0 spiro atoms. The van der Waals surface area contributed by atoms with Gasteiger partial charge in [0, 0.05) is 9.92 Å². The van der Waals surface area contributed by atoms with Crippen LogP contribution in [0.1, 0.15) is 16.1 Å². The molecule has 8 heteroatoms. The number of benzene rings is 3. The van der Waals surface area contributed by atoms with Gasteiger partial charge in [0.2, 0.25) is 5.88 Å². The first-order chi connectivity index (χ1) is 16.0. The molecule has 0 aliphatic carbocycles. The van der Waals surface area contributed by atoms with Crippen LogP contribution in [0.4, 0.5) is 0 Å². The number of aromatic nitrogens is 2. The fraction of sp³-hybridized carbons (Fsp3) is 0.120. The van der Waals surface area contributed by atoms with E-state index >= 15 is 0 Å². The SMILES string of the molecule is COc1cccc(C(=O)Oc2c(Sc3ccc(Cl)cc3)c(C)nn2-c2ccccc2)c1OC. The Balaban J connectivity index is 1.78. The zero-order chi connectivity index (χ0) is 23.4. The van der Waals surface area contributed by atoms with Crippen LogP contribution >= 0.6 is 23.4 Å². The van der Waals surface area contributed by atoms with E-state index in [-0.39, 0.29) is 5.56 Å². The summed E-state index contributed by atoms with van der Waals surface area (Å²) < 4.78 is 18.3. The summed E-state index contributed by atoms with van der Waals surface area (Å²) in [5.41, 5.74) is 1.74. The minimum atomic E-state index is -0.583. The average Bonchev–Trinajstić information content (AvgIpc) is 3.15. The number of hydrogen-bond acceptors (Lipinski definition) is 6. The van der Waals surface area contributed by atoms with Crippen molar-refractivity contribution in [3.8, 4) is 23.1 Å². The van der Waals surface area contributed by atoms with Gasteiger partial charge in [0.15, 0.2) is 11.5 Å². The van der Waals surface area contributed by atoms with Crippen molar-refractivity contribution in [1.29, 1.82) is 0 Å². The highest BCUT2D eigenvalue weighted by molar-refractivity contribution is 7.99. The number of carbonyl (C=O) groups excluding carboxylic acids is 1. The number of methoxy groups -OCH3 is 2. The van der Waals surface area contributed by atoms with E-state index in [1.54, 1.807) is 22.9 Å². The molecule has 0 bridgehead atoms. The van der Waals surface area contributed by atoms with Gasteiger partial charge in [0.25, 0.3) is 0 Å². The summed E-state index contributed by atoms with van der Waals surface area (Å²) >= 11 is 7.48. The predicted molar refractivity (Wildman–Crippen MR) is 128 cm³/mol. The lowest BCUT2D eigenvalue weighted by Crippen LogP contribution is -2.14. The Kier molecular flexibility index (Phi) is 6.91. The third-order valence-electron chi connectivity index (χ3n) is 4.81. The van der Waals surface area contributed by atoms with E-state index in [0.717, 1.165) is 21.2 Å². The van der Waals surface area contributed by atoms with Crippen molar-refractivity contribution >= 4 is 29.3 Å². The second-order valence-corrected chi connectivity index (χ2v) is 8.47. The van der Waals surface area contributed by atoms with Gasteiger partial charge in [-0.1, -0.05) is 47.6 Å². The van der Waals surface area contributed by atoms with Crippen LogP contribution in [0.5, 0.6) is 17.4 Å². The molecule has 0 atom stereocenters. The van der Waals surface area contributed by atoms with Crippen molar-refractivity contribution in [2.24, 2.45) is 0 Å². The smallest absolute Gasteiger partial charge is 0.348 e. The minimum absolute atomic E-state index is 0.248. The number of para-hydroxylation sites is 2. The summed E-state index contributed by atoms with van der Waals surface area (Å²) in [5.74, 6) is 0.476. The van der Waals surface area contributed by atoms with Gasteiger partial charge < -0.3 is 14.2 Å². The number of esters is 1. The van der Waals surface area contributed by atoms with E-state index in [9.17, 15) is 4.79 Å². The molecule has 1 heterocycles. The van der Waals surface area contributed by atoms with Crippen LogP contribution in [0.3, 0.4) is 0 Å². The highest BCUT2D eigenvalue weighted by Crippen LogP contribution is 2.40. The lowest BCUT2D eigenvalue weighted by atomic mass is 10.2. The molecule has 4 aromatic rings. The summed E-state index contributed by atoms with van der Waals surface area (Å²) in [6.45, 7) is 1.88. The first-order valence-electron chi connectivity index (χ1n) is 10.0. The van der Waals surface area contributed by atoms with Crippen LogP contribution in [-0.4, -0.2) is 30.0 Å². The van der Waals surface area contributed by atoms with Crippen LogP contribution < -0.4 is 14.2 Å². The average molecular weight is 481 g/mol. The number of ether oxygens (including phenoxy) is 3. The molecule has 4 rings (SSSR count). The normalized spacial score (nSPS) is 10.7. The monoisotopic (exact) mass is 480 g/mol. The topological polar surface area (TPSA) is 62.6 Å². The van der Waals surface area contributed by atoms with Crippen molar-refractivity contribution in [1.82, 2.24) is 9.78 Å². The number of carbonyl (C=O) groups is 1.